The van der Waals surface area contributed by atoms with E-state index in [4.69, 9.17) is 4.74 Å². The van der Waals surface area contributed by atoms with Crippen LogP contribution in [-0.2, 0) is 14.3 Å². The van der Waals surface area contributed by atoms with E-state index in [-0.39, 0.29) is 23.8 Å². The van der Waals surface area contributed by atoms with Gasteiger partial charge >= 0.3 is 6.09 Å². The zero-order valence-corrected chi connectivity index (χ0v) is 16.5. The summed E-state index contributed by atoms with van der Waals surface area (Å²) in [6.45, 7) is 6.79. The van der Waals surface area contributed by atoms with Gasteiger partial charge in [0.1, 0.15) is 17.5 Å². The van der Waals surface area contributed by atoms with E-state index in [0.717, 1.165) is 18.7 Å². The van der Waals surface area contributed by atoms with Gasteiger partial charge in [0.15, 0.2) is 0 Å². The van der Waals surface area contributed by atoms with Crippen LogP contribution in [0, 0.1) is 0 Å². The molecule has 1 atom stereocenters. The van der Waals surface area contributed by atoms with Crippen LogP contribution in [0.1, 0.15) is 58.2 Å². The van der Waals surface area contributed by atoms with Gasteiger partial charge in [0.25, 0.3) is 0 Å². The molecular weight excluding hydrogens is 362 g/mol. The van der Waals surface area contributed by atoms with Crippen LogP contribution < -0.4 is 10.6 Å². The number of imide groups is 1. The maximum atomic E-state index is 12.1. The summed E-state index contributed by atoms with van der Waals surface area (Å²) in [7, 11) is 0. The molecule has 0 radical (unpaired) electrons. The summed E-state index contributed by atoms with van der Waals surface area (Å²) < 4.78 is 5.42. The lowest BCUT2D eigenvalue weighted by Gasteiger charge is -2.32. The van der Waals surface area contributed by atoms with E-state index in [0.29, 0.717) is 31.6 Å². The third kappa shape index (κ3) is 5.17. The van der Waals surface area contributed by atoms with Crippen LogP contribution >= 0.6 is 0 Å². The topological polar surface area (TPSA) is 114 Å². The largest absolute Gasteiger partial charge is 0.444 e. The van der Waals surface area contributed by atoms with E-state index in [2.05, 4.69) is 20.6 Å². The fourth-order valence-corrected chi connectivity index (χ4v) is 3.30. The molecule has 3 heterocycles. The Hall–Kier alpha value is -2.71. The minimum absolute atomic E-state index is 0.184. The third-order valence-electron chi connectivity index (χ3n) is 4.76. The number of rotatable bonds is 3. The molecule has 3 rings (SSSR count). The number of hydrogen-bond donors (Lipinski definition) is 2. The van der Waals surface area contributed by atoms with Gasteiger partial charge in [0.05, 0.1) is 18.1 Å². The number of carbonyl (C=O) groups is 3. The second-order valence-corrected chi connectivity index (χ2v) is 8.22. The average molecular weight is 389 g/mol. The predicted octanol–water partition coefficient (Wildman–Crippen LogP) is 1.81. The smallest absolute Gasteiger partial charge is 0.410 e. The van der Waals surface area contributed by atoms with Crippen LogP contribution in [0.5, 0.6) is 0 Å². The molecule has 9 nitrogen and oxygen atoms in total. The fourth-order valence-electron chi connectivity index (χ4n) is 3.30. The number of ether oxygens (including phenoxy) is 1. The zero-order chi connectivity index (χ0) is 20.3. The Labute approximate surface area is 164 Å². The monoisotopic (exact) mass is 389 g/mol. The Balaban J connectivity index is 1.51. The molecule has 3 amide bonds. The highest BCUT2D eigenvalue weighted by molar-refractivity contribution is 6.01. The Kier molecular flexibility index (Phi) is 5.81. The van der Waals surface area contributed by atoms with E-state index in [1.807, 2.05) is 20.8 Å². The van der Waals surface area contributed by atoms with E-state index in [9.17, 15) is 14.4 Å². The van der Waals surface area contributed by atoms with E-state index >= 15 is 0 Å². The van der Waals surface area contributed by atoms with Gasteiger partial charge in [0.2, 0.25) is 11.8 Å². The average Bonchev–Trinajstić information content (AvgIpc) is 2.63. The number of carbonyl (C=O) groups excluding carboxylic acids is 3. The molecule has 2 fully saturated rings. The van der Waals surface area contributed by atoms with Gasteiger partial charge in [-0.3, -0.25) is 14.9 Å². The molecule has 0 aromatic carbocycles. The van der Waals surface area contributed by atoms with Gasteiger partial charge in [0, 0.05) is 25.4 Å². The number of aromatic nitrogens is 2. The zero-order valence-electron chi connectivity index (χ0n) is 16.5. The summed E-state index contributed by atoms with van der Waals surface area (Å²) in [5.41, 5.74) is 0.145. The van der Waals surface area contributed by atoms with Crippen molar-refractivity contribution in [1.29, 1.82) is 0 Å². The van der Waals surface area contributed by atoms with Crippen LogP contribution in [-0.4, -0.2) is 57.5 Å². The van der Waals surface area contributed by atoms with E-state index < -0.39 is 11.6 Å². The number of anilines is 1. The molecule has 2 N–H and O–H groups in total. The maximum absolute atomic E-state index is 12.1. The van der Waals surface area contributed by atoms with Gasteiger partial charge in [-0.15, -0.1) is 0 Å². The molecule has 152 valence electrons. The van der Waals surface area contributed by atoms with Crippen molar-refractivity contribution in [3.63, 3.8) is 0 Å². The van der Waals surface area contributed by atoms with Crippen molar-refractivity contribution in [2.75, 3.05) is 18.4 Å². The number of nitrogens with zero attached hydrogens (tertiary/aromatic N) is 3. The van der Waals surface area contributed by atoms with Crippen LogP contribution in [0.15, 0.2) is 12.4 Å². The Morgan fingerprint density at radius 2 is 1.82 bits per heavy atom. The van der Waals surface area contributed by atoms with Gasteiger partial charge in [-0.1, -0.05) is 0 Å². The maximum Gasteiger partial charge on any atom is 0.410 e. The number of amides is 3. The van der Waals surface area contributed by atoms with Crippen molar-refractivity contribution in [2.45, 2.75) is 64.0 Å². The van der Waals surface area contributed by atoms with Crippen molar-refractivity contribution >= 4 is 23.6 Å². The molecule has 1 aromatic heterocycles. The fraction of sp³-hybridized carbons (Fsp3) is 0.632. The Bertz CT molecular complexity index is 736. The highest BCUT2D eigenvalue weighted by Crippen LogP contribution is 2.27. The molecule has 1 aromatic rings. The summed E-state index contributed by atoms with van der Waals surface area (Å²) >= 11 is 0. The van der Waals surface area contributed by atoms with Crippen LogP contribution in [0.2, 0.25) is 0 Å². The van der Waals surface area contributed by atoms with Gasteiger partial charge in [-0.25, -0.2) is 14.8 Å². The summed E-state index contributed by atoms with van der Waals surface area (Å²) in [4.78, 5) is 45.8. The van der Waals surface area contributed by atoms with Crippen LogP contribution in [0.3, 0.4) is 0 Å². The molecule has 0 spiro atoms. The summed E-state index contributed by atoms with van der Waals surface area (Å²) in [5, 5.41) is 5.38. The highest BCUT2D eigenvalue weighted by atomic mass is 16.6. The lowest BCUT2D eigenvalue weighted by Crippen LogP contribution is -2.47. The molecule has 9 heteroatoms. The highest BCUT2D eigenvalue weighted by Gasteiger charge is 2.29. The number of hydrogen-bond acceptors (Lipinski definition) is 7. The molecule has 28 heavy (non-hydrogen) atoms. The summed E-state index contributed by atoms with van der Waals surface area (Å²) in [6.07, 6.45) is 5.36. The number of likely N-dealkylation sites (tertiary alicyclic amines) is 1. The molecule has 0 aliphatic carbocycles. The van der Waals surface area contributed by atoms with Crippen molar-refractivity contribution in [3.05, 3.63) is 18.2 Å². The molecule has 0 saturated carbocycles. The summed E-state index contributed by atoms with van der Waals surface area (Å²) in [5.74, 6) is 0.350. The minimum atomic E-state index is -0.498. The lowest BCUT2D eigenvalue weighted by atomic mass is 9.96. The van der Waals surface area contributed by atoms with Gasteiger partial charge in [-0.2, -0.15) is 0 Å². The second kappa shape index (κ2) is 8.12. The lowest BCUT2D eigenvalue weighted by molar-refractivity contribution is -0.133. The van der Waals surface area contributed by atoms with Crippen molar-refractivity contribution in [3.8, 4) is 0 Å². The van der Waals surface area contributed by atoms with Crippen LogP contribution in [0.25, 0.3) is 0 Å². The Morgan fingerprint density at radius 3 is 2.39 bits per heavy atom. The molecule has 2 aliphatic rings. The molecule has 0 bridgehead atoms. The Morgan fingerprint density at radius 1 is 1.18 bits per heavy atom. The quantitative estimate of drug-likeness (QED) is 0.758. The van der Waals surface area contributed by atoms with Crippen molar-refractivity contribution in [2.24, 2.45) is 0 Å². The first-order chi connectivity index (χ1) is 13.2. The van der Waals surface area contributed by atoms with E-state index in [1.54, 1.807) is 17.3 Å². The van der Waals surface area contributed by atoms with Gasteiger partial charge < -0.3 is 15.0 Å². The predicted molar refractivity (Wildman–Crippen MR) is 102 cm³/mol. The van der Waals surface area contributed by atoms with Crippen molar-refractivity contribution < 1.29 is 19.1 Å². The summed E-state index contributed by atoms with van der Waals surface area (Å²) in [6, 6.07) is -0.454. The van der Waals surface area contributed by atoms with Gasteiger partial charge in [-0.05, 0) is 40.0 Å². The molecular formula is C19H27N5O4. The normalized spacial score (nSPS) is 21.2. The minimum Gasteiger partial charge on any atom is -0.444 e. The molecule has 2 saturated heterocycles. The first-order valence-corrected chi connectivity index (χ1v) is 9.61. The van der Waals surface area contributed by atoms with Crippen LogP contribution in [0.4, 0.5) is 10.5 Å². The first kappa shape index (κ1) is 20.0. The molecule has 2 aliphatic heterocycles. The molecule has 1 unspecified atom stereocenters. The SMILES string of the molecule is CC(C)(C)OC(=O)N1CCC(c2ncc(NC3CCC(=O)NC3=O)cn2)CC1. The van der Waals surface area contributed by atoms with E-state index in [1.165, 1.54) is 0 Å². The third-order valence-corrected chi connectivity index (χ3v) is 4.76. The number of nitrogens with one attached hydrogen (secondary N) is 2. The first-order valence-electron chi connectivity index (χ1n) is 9.61. The standard InChI is InChI=1S/C19H27N5O4/c1-19(2,3)28-18(27)24-8-6-12(7-9-24)16-20-10-13(11-21-16)22-14-4-5-15(25)23-17(14)26/h10-12,14,22H,4-9H2,1-3H3,(H,23,25,26). The van der Waals surface area contributed by atoms with Crippen molar-refractivity contribution in [1.82, 2.24) is 20.2 Å². The second-order valence-electron chi connectivity index (χ2n) is 8.22. The number of piperidine rings is 2.